The van der Waals surface area contributed by atoms with Gasteiger partial charge >= 0.3 is 0 Å². The van der Waals surface area contributed by atoms with Crippen LogP contribution in [0.4, 0.5) is 11.5 Å². The summed E-state index contributed by atoms with van der Waals surface area (Å²) in [5.74, 6) is 2.67. The van der Waals surface area contributed by atoms with Gasteiger partial charge in [0.25, 0.3) is 0 Å². The summed E-state index contributed by atoms with van der Waals surface area (Å²) in [7, 11) is 1.95. The second-order valence-electron chi connectivity index (χ2n) is 5.35. The van der Waals surface area contributed by atoms with E-state index in [1.54, 1.807) is 0 Å². The summed E-state index contributed by atoms with van der Waals surface area (Å²) in [6.07, 6.45) is 4.94. The van der Waals surface area contributed by atoms with Crippen molar-refractivity contribution >= 4 is 11.5 Å². The smallest absolute Gasteiger partial charge is 0.147 e. The first-order valence-electron chi connectivity index (χ1n) is 6.67. The quantitative estimate of drug-likeness (QED) is 0.844. The number of nitrogens with one attached hydrogen (secondary N) is 1. The third-order valence-electron chi connectivity index (χ3n) is 3.86. The molecule has 1 heterocycles. The normalized spacial score (nSPS) is 24.2. The summed E-state index contributed by atoms with van der Waals surface area (Å²) in [5.41, 5.74) is 7.90. The van der Waals surface area contributed by atoms with Crippen molar-refractivity contribution in [1.29, 1.82) is 0 Å². The van der Waals surface area contributed by atoms with Gasteiger partial charge in [-0.3, -0.25) is 4.68 Å². The predicted octanol–water partition coefficient (Wildman–Crippen LogP) is 2.41. The van der Waals surface area contributed by atoms with E-state index >= 15 is 0 Å². The van der Waals surface area contributed by atoms with Gasteiger partial charge in [-0.25, -0.2) is 0 Å². The molecule has 1 fully saturated rings. The fraction of sp³-hybridized carbons (Fsp3) is 0.769. The van der Waals surface area contributed by atoms with Crippen molar-refractivity contribution < 1.29 is 0 Å². The monoisotopic (exact) mass is 236 g/mol. The van der Waals surface area contributed by atoms with E-state index in [9.17, 15) is 0 Å². The van der Waals surface area contributed by atoms with Crippen LogP contribution in [0, 0.1) is 11.8 Å². The molecular weight excluding hydrogens is 212 g/mol. The fourth-order valence-corrected chi connectivity index (χ4v) is 2.82. The zero-order chi connectivity index (χ0) is 12.4. The van der Waals surface area contributed by atoms with Crippen molar-refractivity contribution in [3.8, 4) is 0 Å². The number of hydrogen-bond acceptors (Lipinski definition) is 3. The Labute approximate surface area is 104 Å². The van der Waals surface area contributed by atoms with Crippen molar-refractivity contribution in [2.24, 2.45) is 18.9 Å². The minimum Gasteiger partial charge on any atom is -0.394 e. The molecule has 4 heteroatoms. The first-order valence-corrected chi connectivity index (χ1v) is 6.67. The summed E-state index contributed by atoms with van der Waals surface area (Å²) in [6.45, 7) is 5.45. The molecule has 0 radical (unpaired) electrons. The summed E-state index contributed by atoms with van der Waals surface area (Å²) < 4.78 is 1.87. The molecule has 0 bridgehead atoms. The van der Waals surface area contributed by atoms with E-state index in [0.29, 0.717) is 0 Å². The maximum Gasteiger partial charge on any atom is 0.147 e. The van der Waals surface area contributed by atoms with Gasteiger partial charge in [0.15, 0.2) is 0 Å². The summed E-state index contributed by atoms with van der Waals surface area (Å²) in [4.78, 5) is 0. The second-order valence-corrected chi connectivity index (χ2v) is 5.35. The van der Waals surface area contributed by atoms with Crippen LogP contribution in [0.2, 0.25) is 0 Å². The minimum atomic E-state index is 0.796. The Morgan fingerprint density at radius 2 is 2.24 bits per heavy atom. The number of nitrogens with two attached hydrogens (primary N) is 1. The molecule has 0 aromatic carbocycles. The molecule has 3 N–H and O–H groups in total. The van der Waals surface area contributed by atoms with Gasteiger partial charge in [-0.1, -0.05) is 20.3 Å². The molecule has 4 nitrogen and oxygen atoms in total. The van der Waals surface area contributed by atoms with E-state index in [-0.39, 0.29) is 0 Å². The maximum atomic E-state index is 6.08. The van der Waals surface area contributed by atoms with Gasteiger partial charge in [-0.05, 0) is 31.1 Å². The van der Waals surface area contributed by atoms with Crippen molar-refractivity contribution in [3.05, 3.63) is 5.69 Å². The SMILES string of the molecule is CCc1nn(C)c(NCC2CCC(C)C2)c1N. The molecule has 1 aliphatic rings. The lowest BCUT2D eigenvalue weighted by molar-refractivity contribution is 0.535. The number of rotatable bonds is 4. The molecule has 1 aromatic heterocycles. The molecule has 1 saturated carbocycles. The van der Waals surface area contributed by atoms with Gasteiger partial charge in [-0.2, -0.15) is 5.10 Å². The molecule has 0 amide bonds. The third-order valence-corrected chi connectivity index (χ3v) is 3.86. The molecule has 0 spiro atoms. The summed E-state index contributed by atoms with van der Waals surface area (Å²) >= 11 is 0. The molecule has 17 heavy (non-hydrogen) atoms. The second kappa shape index (κ2) is 4.98. The van der Waals surface area contributed by atoms with Gasteiger partial charge in [0.05, 0.1) is 11.4 Å². The standard InChI is InChI=1S/C13H24N4/c1-4-11-12(14)13(17(3)16-11)15-8-10-6-5-9(2)7-10/h9-10,15H,4-8,14H2,1-3H3. The first-order chi connectivity index (χ1) is 8.11. The largest absolute Gasteiger partial charge is 0.394 e. The number of anilines is 2. The van der Waals surface area contributed by atoms with Crippen LogP contribution in [-0.4, -0.2) is 16.3 Å². The molecule has 1 aliphatic carbocycles. The van der Waals surface area contributed by atoms with Crippen molar-refractivity contribution in [2.45, 2.75) is 39.5 Å². The summed E-state index contributed by atoms with van der Waals surface area (Å²) in [5, 5.41) is 7.89. The zero-order valence-electron chi connectivity index (χ0n) is 11.2. The highest BCUT2D eigenvalue weighted by atomic mass is 15.3. The molecule has 0 saturated heterocycles. The third kappa shape index (κ3) is 2.56. The van der Waals surface area contributed by atoms with E-state index in [1.807, 2.05) is 11.7 Å². The average molecular weight is 236 g/mol. The van der Waals surface area contributed by atoms with E-state index in [1.165, 1.54) is 19.3 Å². The number of aromatic nitrogens is 2. The minimum absolute atomic E-state index is 0.796. The number of nitrogen functional groups attached to an aromatic ring is 1. The lowest BCUT2D eigenvalue weighted by Gasteiger charge is -2.12. The van der Waals surface area contributed by atoms with E-state index in [0.717, 1.165) is 42.0 Å². The molecular formula is C13H24N4. The van der Waals surface area contributed by atoms with E-state index in [2.05, 4.69) is 24.3 Å². The molecule has 2 unspecified atom stereocenters. The molecule has 2 atom stereocenters. The van der Waals surface area contributed by atoms with Gasteiger partial charge in [0.2, 0.25) is 0 Å². The Morgan fingerprint density at radius 1 is 1.47 bits per heavy atom. The van der Waals surface area contributed by atoms with E-state index in [4.69, 9.17) is 5.73 Å². The number of nitrogens with zero attached hydrogens (tertiary/aromatic N) is 2. The van der Waals surface area contributed by atoms with Crippen LogP contribution in [0.25, 0.3) is 0 Å². The van der Waals surface area contributed by atoms with Gasteiger partial charge < -0.3 is 11.1 Å². The Morgan fingerprint density at radius 3 is 2.76 bits per heavy atom. The van der Waals surface area contributed by atoms with Crippen LogP contribution >= 0.6 is 0 Å². The highest BCUT2D eigenvalue weighted by Crippen LogP contribution is 2.31. The number of aryl methyl sites for hydroxylation is 2. The number of hydrogen-bond donors (Lipinski definition) is 2. The Hall–Kier alpha value is -1.19. The fourth-order valence-electron chi connectivity index (χ4n) is 2.82. The highest BCUT2D eigenvalue weighted by molar-refractivity contribution is 5.64. The maximum absolute atomic E-state index is 6.08. The lowest BCUT2D eigenvalue weighted by atomic mass is 10.1. The Kier molecular flexibility index (Phi) is 3.60. The van der Waals surface area contributed by atoms with Crippen LogP contribution in [0.3, 0.4) is 0 Å². The average Bonchev–Trinajstić information content (AvgIpc) is 2.82. The van der Waals surface area contributed by atoms with Crippen LogP contribution in [-0.2, 0) is 13.5 Å². The molecule has 1 aromatic rings. The topological polar surface area (TPSA) is 55.9 Å². The van der Waals surface area contributed by atoms with Gasteiger partial charge in [-0.15, -0.1) is 0 Å². The van der Waals surface area contributed by atoms with Gasteiger partial charge in [0, 0.05) is 13.6 Å². The molecule has 96 valence electrons. The predicted molar refractivity (Wildman–Crippen MR) is 72.0 cm³/mol. The van der Waals surface area contributed by atoms with Crippen molar-refractivity contribution in [3.63, 3.8) is 0 Å². The first kappa shape index (κ1) is 12.3. The Bertz CT molecular complexity index is 383. The van der Waals surface area contributed by atoms with Crippen LogP contribution in [0.1, 0.15) is 38.8 Å². The Balaban J connectivity index is 1.97. The van der Waals surface area contributed by atoms with Crippen molar-refractivity contribution in [2.75, 3.05) is 17.6 Å². The van der Waals surface area contributed by atoms with E-state index < -0.39 is 0 Å². The van der Waals surface area contributed by atoms with Crippen LogP contribution < -0.4 is 11.1 Å². The van der Waals surface area contributed by atoms with Crippen LogP contribution in [0.5, 0.6) is 0 Å². The van der Waals surface area contributed by atoms with Crippen molar-refractivity contribution in [1.82, 2.24) is 9.78 Å². The highest BCUT2D eigenvalue weighted by Gasteiger charge is 2.22. The summed E-state index contributed by atoms with van der Waals surface area (Å²) in [6, 6.07) is 0. The zero-order valence-corrected chi connectivity index (χ0v) is 11.2. The van der Waals surface area contributed by atoms with Crippen LogP contribution in [0.15, 0.2) is 0 Å². The molecule has 0 aliphatic heterocycles. The lowest BCUT2D eigenvalue weighted by Crippen LogP contribution is -2.14. The van der Waals surface area contributed by atoms with Gasteiger partial charge in [0.1, 0.15) is 5.82 Å². The molecule has 2 rings (SSSR count).